The van der Waals surface area contributed by atoms with E-state index in [1.807, 2.05) is 30.3 Å². The number of aromatic nitrogens is 3. The van der Waals surface area contributed by atoms with Crippen LogP contribution in [0.2, 0.25) is 5.02 Å². The van der Waals surface area contributed by atoms with Gasteiger partial charge < -0.3 is 15.4 Å². The van der Waals surface area contributed by atoms with Crippen LogP contribution < -0.4 is 15.4 Å². The van der Waals surface area contributed by atoms with Crippen LogP contribution in [-0.4, -0.2) is 27.0 Å². The molecule has 2 aromatic carbocycles. The number of H-pyrrole nitrogens is 1. The third-order valence-electron chi connectivity index (χ3n) is 4.53. The van der Waals surface area contributed by atoms with E-state index < -0.39 is 23.4 Å². The van der Waals surface area contributed by atoms with Crippen molar-refractivity contribution in [1.82, 2.24) is 20.5 Å². The summed E-state index contributed by atoms with van der Waals surface area (Å²) in [7, 11) is 0. The van der Waals surface area contributed by atoms with Crippen LogP contribution in [0.25, 0.3) is 0 Å². The zero-order chi connectivity index (χ0) is 24.1. The molecule has 34 heavy (non-hydrogen) atoms. The lowest BCUT2D eigenvalue weighted by Crippen LogP contribution is -2.23. The van der Waals surface area contributed by atoms with Gasteiger partial charge in [-0.2, -0.15) is 5.10 Å². The number of carbonyl (C=O) groups is 2. The van der Waals surface area contributed by atoms with E-state index in [0.717, 1.165) is 5.56 Å². The molecule has 0 radical (unpaired) electrons. The first-order chi connectivity index (χ1) is 16.4. The number of benzene rings is 2. The van der Waals surface area contributed by atoms with Crippen molar-refractivity contribution < 1.29 is 23.1 Å². The maximum atomic E-state index is 13.4. The molecule has 0 spiro atoms. The normalized spacial score (nSPS) is 10.6. The minimum absolute atomic E-state index is 0.00340. The Labute approximate surface area is 196 Å². The SMILES string of the molecule is O=C(NCc1ccc(Oc2ccccc2)nc1)c1cc(NC(=O)c2cc(F)c(F)cc2Cl)[nH]n1. The molecule has 2 heterocycles. The Morgan fingerprint density at radius 2 is 1.76 bits per heavy atom. The second-order valence-electron chi connectivity index (χ2n) is 6.97. The maximum Gasteiger partial charge on any atom is 0.272 e. The van der Waals surface area contributed by atoms with E-state index >= 15 is 0 Å². The Hall–Kier alpha value is -4.31. The Bertz CT molecular complexity index is 1330. The van der Waals surface area contributed by atoms with Crippen molar-refractivity contribution in [2.45, 2.75) is 6.54 Å². The van der Waals surface area contributed by atoms with Gasteiger partial charge in [-0.25, -0.2) is 13.8 Å². The summed E-state index contributed by atoms with van der Waals surface area (Å²) in [6, 6.07) is 15.3. The molecule has 2 amide bonds. The van der Waals surface area contributed by atoms with E-state index in [1.165, 1.54) is 6.07 Å². The summed E-state index contributed by atoms with van der Waals surface area (Å²) in [6.45, 7) is 0.177. The number of hydrogen-bond donors (Lipinski definition) is 3. The quantitative estimate of drug-likeness (QED) is 0.330. The topological polar surface area (TPSA) is 109 Å². The van der Waals surface area contributed by atoms with Crippen molar-refractivity contribution in [2.75, 3.05) is 5.32 Å². The molecule has 0 bridgehead atoms. The molecule has 0 atom stereocenters. The number of rotatable bonds is 7. The van der Waals surface area contributed by atoms with E-state index in [2.05, 4.69) is 25.8 Å². The molecule has 4 rings (SSSR count). The maximum absolute atomic E-state index is 13.4. The van der Waals surface area contributed by atoms with Gasteiger partial charge in [-0.05, 0) is 29.8 Å². The average molecular weight is 484 g/mol. The van der Waals surface area contributed by atoms with Gasteiger partial charge in [0.2, 0.25) is 5.88 Å². The van der Waals surface area contributed by atoms with Crippen LogP contribution in [0.1, 0.15) is 26.4 Å². The van der Waals surface area contributed by atoms with Crippen molar-refractivity contribution in [3.8, 4) is 11.6 Å². The fraction of sp³-hybridized carbons (Fsp3) is 0.0435. The monoisotopic (exact) mass is 483 g/mol. The molecule has 172 valence electrons. The van der Waals surface area contributed by atoms with Crippen LogP contribution >= 0.6 is 11.6 Å². The first-order valence-electron chi connectivity index (χ1n) is 9.86. The summed E-state index contributed by atoms with van der Waals surface area (Å²) in [5.41, 5.74) is 0.461. The standard InChI is InChI=1S/C23H16ClF2N5O3/c24-16-9-18(26)17(25)8-15(16)22(32)29-20-10-19(30-31-20)23(33)28-12-13-6-7-21(27-11-13)34-14-4-2-1-3-5-14/h1-11H,12H2,(H,28,33)(H2,29,30,31,32). The molecular formula is C23H16ClF2N5O3. The summed E-state index contributed by atoms with van der Waals surface area (Å²) in [5.74, 6) is -2.56. The van der Waals surface area contributed by atoms with E-state index in [0.29, 0.717) is 23.8 Å². The molecule has 11 heteroatoms. The predicted molar refractivity (Wildman–Crippen MR) is 120 cm³/mol. The van der Waals surface area contributed by atoms with Crippen LogP contribution in [0.4, 0.5) is 14.6 Å². The molecule has 2 aromatic heterocycles. The van der Waals surface area contributed by atoms with Gasteiger partial charge in [-0.3, -0.25) is 14.7 Å². The van der Waals surface area contributed by atoms with Crippen molar-refractivity contribution in [3.63, 3.8) is 0 Å². The van der Waals surface area contributed by atoms with Gasteiger partial charge in [0, 0.05) is 24.9 Å². The predicted octanol–water partition coefficient (Wildman–Crippen LogP) is 4.71. The summed E-state index contributed by atoms with van der Waals surface area (Å²) in [5, 5.41) is 11.1. The zero-order valence-electron chi connectivity index (χ0n) is 17.3. The van der Waals surface area contributed by atoms with E-state index in [1.54, 1.807) is 18.3 Å². The van der Waals surface area contributed by atoms with Crippen LogP contribution in [0.3, 0.4) is 0 Å². The third-order valence-corrected chi connectivity index (χ3v) is 4.84. The lowest BCUT2D eigenvalue weighted by Gasteiger charge is -2.06. The lowest BCUT2D eigenvalue weighted by molar-refractivity contribution is 0.0945. The molecule has 0 aliphatic carbocycles. The summed E-state index contributed by atoms with van der Waals surface area (Å²) in [6.07, 6.45) is 1.57. The van der Waals surface area contributed by atoms with Gasteiger partial charge in [-0.1, -0.05) is 35.9 Å². The van der Waals surface area contributed by atoms with E-state index in [4.69, 9.17) is 16.3 Å². The van der Waals surface area contributed by atoms with Gasteiger partial charge in [0.25, 0.3) is 11.8 Å². The van der Waals surface area contributed by atoms with Gasteiger partial charge in [0.1, 0.15) is 11.6 Å². The number of amides is 2. The Balaban J connectivity index is 1.32. The van der Waals surface area contributed by atoms with E-state index in [-0.39, 0.29) is 28.6 Å². The molecule has 3 N–H and O–H groups in total. The number of ether oxygens (including phenoxy) is 1. The number of hydrogen-bond acceptors (Lipinski definition) is 5. The fourth-order valence-electron chi connectivity index (χ4n) is 2.85. The minimum Gasteiger partial charge on any atom is -0.439 e. The lowest BCUT2D eigenvalue weighted by atomic mass is 10.2. The van der Waals surface area contributed by atoms with Crippen molar-refractivity contribution in [2.24, 2.45) is 0 Å². The van der Waals surface area contributed by atoms with Crippen LogP contribution in [0.5, 0.6) is 11.6 Å². The number of pyridine rings is 1. The van der Waals surface area contributed by atoms with Crippen LogP contribution in [0.15, 0.2) is 66.9 Å². The highest BCUT2D eigenvalue weighted by atomic mass is 35.5. The van der Waals surface area contributed by atoms with Crippen LogP contribution in [0, 0.1) is 11.6 Å². The highest BCUT2D eigenvalue weighted by molar-refractivity contribution is 6.34. The Morgan fingerprint density at radius 3 is 2.50 bits per heavy atom. The second kappa shape index (κ2) is 10.1. The molecular weight excluding hydrogens is 468 g/mol. The first-order valence-corrected chi connectivity index (χ1v) is 10.2. The number of nitrogens with one attached hydrogen (secondary N) is 3. The zero-order valence-corrected chi connectivity index (χ0v) is 18.1. The summed E-state index contributed by atoms with van der Waals surface area (Å²) >= 11 is 5.80. The fourth-order valence-corrected chi connectivity index (χ4v) is 3.08. The van der Waals surface area contributed by atoms with Crippen molar-refractivity contribution in [3.05, 3.63) is 100 Å². The molecule has 0 unspecified atom stereocenters. The van der Waals surface area contributed by atoms with Gasteiger partial charge in [0.05, 0.1) is 10.6 Å². The van der Waals surface area contributed by atoms with Gasteiger partial charge in [0.15, 0.2) is 17.3 Å². The first kappa shape index (κ1) is 22.9. The largest absolute Gasteiger partial charge is 0.439 e. The number of carbonyl (C=O) groups excluding carboxylic acids is 2. The molecule has 0 saturated carbocycles. The molecule has 0 aliphatic heterocycles. The highest BCUT2D eigenvalue weighted by Gasteiger charge is 2.17. The van der Waals surface area contributed by atoms with Gasteiger partial charge >= 0.3 is 0 Å². The second-order valence-corrected chi connectivity index (χ2v) is 7.38. The minimum atomic E-state index is -1.21. The molecule has 0 aliphatic rings. The number of para-hydroxylation sites is 1. The smallest absolute Gasteiger partial charge is 0.272 e. The third kappa shape index (κ3) is 5.54. The summed E-state index contributed by atoms with van der Waals surface area (Å²) < 4.78 is 32.2. The van der Waals surface area contributed by atoms with Crippen molar-refractivity contribution in [1.29, 1.82) is 0 Å². The number of anilines is 1. The molecule has 4 aromatic rings. The number of halogens is 3. The molecule has 0 saturated heterocycles. The summed E-state index contributed by atoms with van der Waals surface area (Å²) in [4.78, 5) is 28.9. The Morgan fingerprint density at radius 1 is 1.00 bits per heavy atom. The Kier molecular flexibility index (Phi) is 6.79. The van der Waals surface area contributed by atoms with Crippen LogP contribution in [-0.2, 0) is 6.54 Å². The number of aromatic amines is 1. The average Bonchev–Trinajstić information content (AvgIpc) is 3.30. The molecule has 0 fully saturated rings. The molecule has 8 nitrogen and oxygen atoms in total. The van der Waals surface area contributed by atoms with Crippen molar-refractivity contribution >= 4 is 29.2 Å². The highest BCUT2D eigenvalue weighted by Crippen LogP contribution is 2.21. The van der Waals surface area contributed by atoms with Gasteiger partial charge in [-0.15, -0.1) is 0 Å². The number of nitrogens with zero attached hydrogens (tertiary/aromatic N) is 2. The van der Waals surface area contributed by atoms with E-state index in [9.17, 15) is 18.4 Å².